The Labute approximate surface area is 194 Å². The van der Waals surface area contributed by atoms with Crippen molar-refractivity contribution >= 4 is 17.8 Å². The lowest BCUT2D eigenvalue weighted by Crippen LogP contribution is -2.21. The second-order valence-corrected chi connectivity index (χ2v) is 7.17. The fraction of sp³-hybridized carbons (Fsp3) is 0.208. The number of carbonyl (C=O) groups excluding carboxylic acids is 1. The molecule has 0 atom stereocenters. The van der Waals surface area contributed by atoms with Crippen molar-refractivity contribution in [3.63, 3.8) is 0 Å². The van der Waals surface area contributed by atoms with E-state index in [9.17, 15) is 18.0 Å². The molecule has 7 nitrogen and oxygen atoms in total. The topological polar surface area (TPSA) is 118 Å². The molecule has 4 N–H and O–H groups in total. The zero-order valence-electron chi connectivity index (χ0n) is 18.3. The number of nitrogens with zero attached hydrogens (tertiary/aromatic N) is 1. The second kappa shape index (κ2) is 11.7. The van der Waals surface area contributed by atoms with Gasteiger partial charge in [-0.1, -0.05) is 48.5 Å². The van der Waals surface area contributed by atoms with Crippen molar-refractivity contribution in [3.8, 4) is 0 Å². The number of alkyl halides is 3. The van der Waals surface area contributed by atoms with E-state index in [1.54, 1.807) is 13.0 Å². The number of halogens is 3. The molecule has 34 heavy (non-hydrogen) atoms. The highest BCUT2D eigenvalue weighted by molar-refractivity contribution is 5.95. The maximum Gasteiger partial charge on any atom is 0.490 e. The van der Waals surface area contributed by atoms with Crippen LogP contribution in [0.2, 0.25) is 0 Å². The third-order valence-electron chi connectivity index (χ3n) is 4.54. The van der Waals surface area contributed by atoms with Gasteiger partial charge in [-0.15, -0.1) is 0 Å². The van der Waals surface area contributed by atoms with Crippen LogP contribution in [0.25, 0.3) is 0 Å². The van der Waals surface area contributed by atoms with Gasteiger partial charge in [0, 0.05) is 24.5 Å². The number of rotatable bonds is 7. The lowest BCUT2D eigenvalue weighted by molar-refractivity contribution is -0.192. The Kier molecular flexibility index (Phi) is 9.00. The van der Waals surface area contributed by atoms with Gasteiger partial charge >= 0.3 is 18.1 Å². The first-order valence-electron chi connectivity index (χ1n) is 10.1. The molecule has 0 unspecified atom stereocenters. The Morgan fingerprint density at radius 1 is 1.06 bits per heavy atom. The molecular formula is C24H24F3N3O4. The minimum absolute atomic E-state index is 0.0316. The Balaban J connectivity index is 0.000000509. The van der Waals surface area contributed by atoms with Crippen molar-refractivity contribution in [2.24, 2.45) is 5.73 Å². The quantitative estimate of drug-likeness (QED) is 0.269. The monoisotopic (exact) mass is 475 g/mol. The largest absolute Gasteiger partial charge is 0.490 e. The molecule has 3 rings (SSSR count). The zero-order chi connectivity index (χ0) is 25.3. The number of esters is 1. The maximum absolute atomic E-state index is 12.4. The first-order valence-corrected chi connectivity index (χ1v) is 10.1. The Hall–Kier alpha value is -4.08. The molecule has 0 saturated heterocycles. The van der Waals surface area contributed by atoms with Gasteiger partial charge in [0.15, 0.2) is 0 Å². The Morgan fingerprint density at radius 3 is 2.24 bits per heavy atom. The Morgan fingerprint density at radius 2 is 1.68 bits per heavy atom. The van der Waals surface area contributed by atoms with Gasteiger partial charge in [0.1, 0.15) is 5.84 Å². The molecule has 2 aromatic carbocycles. The smallest absolute Gasteiger partial charge is 0.475 e. The number of carboxylic acid groups (broad SMARTS) is 1. The van der Waals surface area contributed by atoms with Crippen LogP contribution < -0.4 is 5.73 Å². The summed E-state index contributed by atoms with van der Waals surface area (Å²) in [5.74, 6) is -3.04. The number of aliphatic carboxylic acids is 1. The number of ether oxygens (including phenoxy) is 1. The van der Waals surface area contributed by atoms with Crippen molar-refractivity contribution in [2.75, 3.05) is 6.61 Å². The predicted molar refractivity (Wildman–Crippen MR) is 120 cm³/mol. The highest BCUT2D eigenvalue weighted by Gasteiger charge is 2.38. The SMILES string of the molecule is CCOC(=O)c1cn(Cc2ccccc2)cc1Cc1cccc(C(=N)N)c1.O=C(O)C(F)(F)F. The van der Waals surface area contributed by atoms with Gasteiger partial charge in [-0.3, -0.25) is 5.41 Å². The fourth-order valence-electron chi connectivity index (χ4n) is 3.04. The van der Waals surface area contributed by atoms with Crippen LogP contribution in [0.15, 0.2) is 67.0 Å². The minimum Gasteiger partial charge on any atom is -0.475 e. The summed E-state index contributed by atoms with van der Waals surface area (Å²) in [6.07, 6.45) is -0.689. The molecule has 0 aliphatic rings. The van der Waals surface area contributed by atoms with Crippen LogP contribution in [0.5, 0.6) is 0 Å². The van der Waals surface area contributed by atoms with Crippen molar-refractivity contribution in [3.05, 3.63) is 94.8 Å². The van der Waals surface area contributed by atoms with E-state index in [1.165, 1.54) is 0 Å². The van der Waals surface area contributed by atoms with Gasteiger partial charge in [0.2, 0.25) is 0 Å². The molecule has 0 fully saturated rings. The molecule has 1 heterocycles. The first kappa shape index (κ1) is 26.2. The van der Waals surface area contributed by atoms with Crippen molar-refractivity contribution < 1.29 is 32.6 Å². The van der Waals surface area contributed by atoms with Crippen LogP contribution in [0.1, 0.15) is 39.5 Å². The average Bonchev–Trinajstić information content (AvgIpc) is 3.16. The van der Waals surface area contributed by atoms with Gasteiger partial charge < -0.3 is 20.1 Å². The van der Waals surface area contributed by atoms with Gasteiger partial charge in [-0.25, -0.2) is 9.59 Å². The standard InChI is InChI=1S/C22H23N3O2.C2HF3O2/c1-2-27-22(26)20-15-25(13-16-7-4-3-5-8-16)14-19(20)12-17-9-6-10-18(11-17)21(23)24;3-2(4,5)1(6)7/h3-11,14-15H,2,12-13H2,1H3,(H3,23,24);(H,6,7). The van der Waals surface area contributed by atoms with Crippen LogP contribution in [-0.2, 0) is 22.5 Å². The molecule has 0 radical (unpaired) electrons. The number of hydrogen-bond acceptors (Lipinski definition) is 4. The third kappa shape index (κ3) is 7.80. The summed E-state index contributed by atoms with van der Waals surface area (Å²) in [7, 11) is 0. The van der Waals surface area contributed by atoms with Crippen molar-refractivity contribution in [2.45, 2.75) is 26.1 Å². The lowest BCUT2D eigenvalue weighted by Gasteiger charge is -2.06. The van der Waals surface area contributed by atoms with E-state index in [1.807, 2.05) is 53.4 Å². The van der Waals surface area contributed by atoms with Crippen LogP contribution in [0.3, 0.4) is 0 Å². The number of aromatic nitrogens is 1. The Bertz CT molecular complexity index is 1140. The summed E-state index contributed by atoms with van der Waals surface area (Å²) in [6.45, 7) is 2.82. The molecule has 1 aromatic heterocycles. The maximum atomic E-state index is 12.4. The molecule has 3 aromatic rings. The van der Waals surface area contributed by atoms with E-state index in [2.05, 4.69) is 12.1 Å². The molecular weight excluding hydrogens is 451 g/mol. The van der Waals surface area contributed by atoms with Crippen molar-refractivity contribution in [1.82, 2.24) is 4.57 Å². The summed E-state index contributed by atoms with van der Waals surface area (Å²) in [6, 6.07) is 17.6. The third-order valence-corrected chi connectivity index (χ3v) is 4.54. The predicted octanol–water partition coefficient (Wildman–Crippen LogP) is 4.22. The molecule has 0 aliphatic carbocycles. The van der Waals surface area contributed by atoms with Crippen LogP contribution in [-0.4, -0.2) is 40.2 Å². The summed E-state index contributed by atoms with van der Waals surface area (Å²) in [5.41, 5.74) is 9.88. The number of benzene rings is 2. The number of carboxylic acids is 1. The summed E-state index contributed by atoms with van der Waals surface area (Å²) < 4.78 is 39.0. The summed E-state index contributed by atoms with van der Waals surface area (Å²) in [4.78, 5) is 21.3. The number of nitrogens with two attached hydrogens (primary N) is 1. The summed E-state index contributed by atoms with van der Waals surface area (Å²) in [5, 5.41) is 14.7. The molecule has 0 aliphatic heterocycles. The number of nitrogens with one attached hydrogen (secondary N) is 1. The van der Waals surface area contributed by atoms with Crippen LogP contribution >= 0.6 is 0 Å². The zero-order valence-corrected chi connectivity index (χ0v) is 18.3. The molecule has 10 heteroatoms. The number of hydrogen-bond donors (Lipinski definition) is 3. The average molecular weight is 475 g/mol. The van der Waals surface area contributed by atoms with E-state index < -0.39 is 12.1 Å². The number of carbonyl (C=O) groups is 2. The van der Waals surface area contributed by atoms with Gasteiger partial charge in [0.25, 0.3) is 0 Å². The van der Waals surface area contributed by atoms with Gasteiger partial charge in [0.05, 0.1) is 12.2 Å². The number of nitrogen functional groups attached to an aromatic ring is 1. The van der Waals surface area contributed by atoms with E-state index >= 15 is 0 Å². The van der Waals surface area contributed by atoms with Gasteiger partial charge in [-0.05, 0) is 36.1 Å². The lowest BCUT2D eigenvalue weighted by atomic mass is 10.0. The molecule has 0 bridgehead atoms. The minimum atomic E-state index is -5.08. The van der Waals surface area contributed by atoms with E-state index in [4.69, 9.17) is 25.8 Å². The van der Waals surface area contributed by atoms with Crippen LogP contribution in [0.4, 0.5) is 13.2 Å². The molecule has 0 amide bonds. The first-order chi connectivity index (χ1) is 16.0. The van der Waals surface area contributed by atoms with E-state index in [-0.39, 0.29) is 11.8 Å². The van der Waals surface area contributed by atoms with E-state index in [0.29, 0.717) is 30.7 Å². The number of amidine groups is 1. The fourth-order valence-corrected chi connectivity index (χ4v) is 3.04. The van der Waals surface area contributed by atoms with Crippen LogP contribution in [0, 0.1) is 5.41 Å². The van der Waals surface area contributed by atoms with Crippen molar-refractivity contribution in [1.29, 1.82) is 5.41 Å². The highest BCUT2D eigenvalue weighted by Crippen LogP contribution is 2.19. The molecule has 180 valence electrons. The summed E-state index contributed by atoms with van der Waals surface area (Å²) >= 11 is 0. The molecule has 0 saturated carbocycles. The second-order valence-electron chi connectivity index (χ2n) is 7.17. The van der Waals surface area contributed by atoms with Gasteiger partial charge in [-0.2, -0.15) is 13.2 Å². The molecule has 0 spiro atoms. The van der Waals surface area contributed by atoms with E-state index in [0.717, 1.165) is 16.7 Å². The highest BCUT2D eigenvalue weighted by atomic mass is 19.4. The normalized spacial score (nSPS) is 10.7.